The minimum absolute atomic E-state index is 0.0154. The Balaban J connectivity index is 1.68. The van der Waals surface area contributed by atoms with Crippen LogP contribution in [-0.2, 0) is 4.79 Å². The summed E-state index contributed by atoms with van der Waals surface area (Å²) >= 11 is 12.1. The van der Waals surface area contributed by atoms with Gasteiger partial charge in [0, 0.05) is 16.1 Å². The van der Waals surface area contributed by atoms with E-state index in [1.807, 2.05) is 6.07 Å². The summed E-state index contributed by atoms with van der Waals surface area (Å²) in [4.78, 5) is 28.0. The van der Waals surface area contributed by atoms with Crippen molar-refractivity contribution in [3.05, 3.63) is 105 Å². The van der Waals surface area contributed by atoms with Crippen molar-refractivity contribution in [2.45, 2.75) is 6.04 Å². The van der Waals surface area contributed by atoms with Crippen molar-refractivity contribution in [3.63, 3.8) is 0 Å². The Hall–Kier alpha value is -3.74. The molecule has 1 aromatic heterocycles. The Morgan fingerprint density at radius 2 is 1.67 bits per heavy atom. The second-order valence-electron chi connectivity index (χ2n) is 7.50. The first-order chi connectivity index (χ1) is 15.8. The molecule has 8 heteroatoms. The molecular weight excluding hydrogens is 465 g/mol. The predicted molar refractivity (Wildman–Crippen MR) is 125 cm³/mol. The highest BCUT2D eigenvalue weighted by atomic mass is 35.5. The van der Waals surface area contributed by atoms with E-state index in [1.54, 1.807) is 48.5 Å². The second kappa shape index (κ2) is 7.99. The zero-order chi connectivity index (χ0) is 23.3. The molecule has 0 spiro atoms. The predicted octanol–water partition coefficient (Wildman–Crippen LogP) is 6.23. The van der Waals surface area contributed by atoms with Crippen molar-refractivity contribution in [1.29, 1.82) is 0 Å². The van der Waals surface area contributed by atoms with Gasteiger partial charge in [-0.2, -0.15) is 0 Å². The summed E-state index contributed by atoms with van der Waals surface area (Å²) in [6.45, 7) is 0. The molecule has 0 radical (unpaired) electrons. The third-order valence-electron chi connectivity index (χ3n) is 5.49. The lowest BCUT2D eigenvalue weighted by molar-refractivity contribution is -0.117. The maximum atomic E-state index is 13.5. The van der Waals surface area contributed by atoms with Gasteiger partial charge in [-0.25, -0.2) is 0 Å². The largest absolute Gasteiger partial charge is 0.506 e. The number of aliphatic hydroxyl groups excluding tert-OH is 1. The number of aromatic hydroxyl groups is 1. The van der Waals surface area contributed by atoms with Crippen LogP contribution in [0.15, 0.2) is 88.5 Å². The summed E-state index contributed by atoms with van der Waals surface area (Å²) in [5.74, 6) is -2.25. The highest BCUT2D eigenvalue weighted by molar-refractivity contribution is 6.32. The number of ketones is 1. The van der Waals surface area contributed by atoms with E-state index in [4.69, 9.17) is 27.6 Å². The van der Waals surface area contributed by atoms with Crippen LogP contribution in [0.25, 0.3) is 11.0 Å². The van der Waals surface area contributed by atoms with Gasteiger partial charge in [0.2, 0.25) is 5.78 Å². The van der Waals surface area contributed by atoms with E-state index < -0.39 is 23.5 Å². The summed E-state index contributed by atoms with van der Waals surface area (Å²) in [6, 6.07) is 18.4. The number of rotatable bonds is 4. The average Bonchev–Trinajstić information content (AvgIpc) is 3.35. The summed E-state index contributed by atoms with van der Waals surface area (Å²) in [5.41, 5.74) is 1.18. The van der Waals surface area contributed by atoms with Gasteiger partial charge in [0.05, 0.1) is 16.6 Å². The summed E-state index contributed by atoms with van der Waals surface area (Å²) < 4.78 is 5.70. The molecule has 1 aliphatic rings. The Bertz CT molecular complexity index is 1420. The average molecular weight is 480 g/mol. The van der Waals surface area contributed by atoms with Gasteiger partial charge in [-0.1, -0.05) is 47.5 Å². The van der Waals surface area contributed by atoms with Crippen molar-refractivity contribution in [1.82, 2.24) is 0 Å². The SMILES string of the molecule is O=C(C1=C(O)C(=O)N(c2ccc(Cl)cc2)C1c1ccc(O)c(Cl)c1)c1cc2ccccc2o1. The van der Waals surface area contributed by atoms with Gasteiger partial charge in [-0.3, -0.25) is 14.5 Å². The van der Waals surface area contributed by atoms with E-state index in [-0.39, 0.29) is 22.1 Å². The maximum absolute atomic E-state index is 13.5. The Morgan fingerprint density at radius 1 is 0.939 bits per heavy atom. The van der Waals surface area contributed by atoms with Gasteiger partial charge in [-0.15, -0.1) is 0 Å². The van der Waals surface area contributed by atoms with E-state index in [2.05, 4.69) is 0 Å². The number of phenolic OH excluding ortho intramolecular Hbond substituents is 1. The number of hydrogen-bond acceptors (Lipinski definition) is 5. The third-order valence-corrected chi connectivity index (χ3v) is 6.05. The molecule has 0 saturated carbocycles. The van der Waals surface area contributed by atoms with Crippen LogP contribution < -0.4 is 4.90 Å². The lowest BCUT2D eigenvalue weighted by Gasteiger charge is -2.27. The van der Waals surface area contributed by atoms with Gasteiger partial charge in [0.1, 0.15) is 11.3 Å². The Labute approximate surface area is 197 Å². The molecule has 0 aliphatic carbocycles. The van der Waals surface area contributed by atoms with Crippen LogP contribution in [0.1, 0.15) is 22.2 Å². The number of nitrogens with zero attached hydrogens (tertiary/aromatic N) is 1. The number of aliphatic hydroxyl groups is 1. The minimum Gasteiger partial charge on any atom is -0.506 e. The van der Waals surface area contributed by atoms with Crippen LogP contribution in [0, 0.1) is 0 Å². The first-order valence-corrected chi connectivity index (χ1v) is 10.6. The quantitative estimate of drug-likeness (QED) is 0.338. The highest BCUT2D eigenvalue weighted by Gasteiger charge is 2.45. The van der Waals surface area contributed by atoms with Crippen molar-refractivity contribution in [3.8, 4) is 5.75 Å². The topological polar surface area (TPSA) is 91.0 Å². The monoisotopic (exact) mass is 479 g/mol. The normalized spacial score (nSPS) is 16.1. The standard InChI is InChI=1S/C25H15Cl2NO5/c26-15-6-8-16(9-7-15)28-22(14-5-10-18(29)17(27)11-14)21(24(31)25(28)32)23(30)20-12-13-3-1-2-4-19(13)33-20/h1-12,22,29,31H. The number of phenols is 1. The van der Waals surface area contributed by atoms with Crippen molar-refractivity contribution >= 4 is 51.5 Å². The molecule has 0 saturated heterocycles. The van der Waals surface area contributed by atoms with Gasteiger partial charge in [0.15, 0.2) is 11.5 Å². The molecule has 6 nitrogen and oxygen atoms in total. The molecule has 164 valence electrons. The number of carbonyl (C=O) groups is 2. The molecule has 33 heavy (non-hydrogen) atoms. The molecule has 1 atom stereocenters. The molecular formula is C25H15Cl2NO5. The molecule has 2 N–H and O–H groups in total. The third kappa shape index (κ3) is 3.53. The van der Waals surface area contributed by atoms with Gasteiger partial charge in [-0.05, 0) is 54.1 Å². The lowest BCUT2D eigenvalue weighted by atomic mass is 9.94. The van der Waals surface area contributed by atoms with E-state index in [0.717, 1.165) is 0 Å². The van der Waals surface area contributed by atoms with Gasteiger partial charge < -0.3 is 14.6 Å². The number of Topliss-reactive ketones (excluding diaryl/α,β-unsaturated/α-hetero) is 1. The Kier molecular flexibility index (Phi) is 5.12. The number of halogens is 2. The first-order valence-electron chi connectivity index (χ1n) is 9.89. The summed E-state index contributed by atoms with van der Waals surface area (Å²) in [7, 11) is 0. The van der Waals surface area contributed by atoms with Crippen LogP contribution in [0.2, 0.25) is 10.0 Å². The fourth-order valence-electron chi connectivity index (χ4n) is 3.94. The maximum Gasteiger partial charge on any atom is 0.294 e. The highest BCUT2D eigenvalue weighted by Crippen LogP contribution is 2.43. The second-order valence-corrected chi connectivity index (χ2v) is 8.35. The van der Waals surface area contributed by atoms with Crippen LogP contribution in [0.3, 0.4) is 0 Å². The van der Waals surface area contributed by atoms with E-state index in [1.165, 1.54) is 23.1 Å². The zero-order valence-electron chi connectivity index (χ0n) is 16.8. The first kappa shape index (κ1) is 21.1. The smallest absolute Gasteiger partial charge is 0.294 e. The number of carbonyl (C=O) groups excluding carboxylic acids is 2. The van der Waals surface area contributed by atoms with E-state index in [0.29, 0.717) is 27.2 Å². The van der Waals surface area contributed by atoms with Crippen LogP contribution in [-0.4, -0.2) is 21.9 Å². The lowest BCUT2D eigenvalue weighted by Crippen LogP contribution is -2.31. The molecule has 1 unspecified atom stereocenters. The van der Waals surface area contributed by atoms with Crippen molar-refractivity contribution < 1.29 is 24.2 Å². The van der Waals surface area contributed by atoms with Gasteiger partial charge >= 0.3 is 0 Å². The summed E-state index contributed by atoms with van der Waals surface area (Å²) in [6.07, 6.45) is 0. The molecule has 1 amide bonds. The molecule has 4 aromatic rings. The molecule has 5 rings (SSSR count). The van der Waals surface area contributed by atoms with E-state index >= 15 is 0 Å². The zero-order valence-corrected chi connectivity index (χ0v) is 18.3. The van der Waals surface area contributed by atoms with E-state index in [9.17, 15) is 19.8 Å². The fourth-order valence-corrected chi connectivity index (χ4v) is 4.26. The number of amides is 1. The molecule has 1 aliphatic heterocycles. The van der Waals surface area contributed by atoms with Crippen LogP contribution in [0.4, 0.5) is 5.69 Å². The number of para-hydroxylation sites is 1. The Morgan fingerprint density at radius 3 is 2.36 bits per heavy atom. The van der Waals surface area contributed by atoms with Crippen molar-refractivity contribution in [2.75, 3.05) is 4.90 Å². The molecule has 0 bridgehead atoms. The summed E-state index contributed by atoms with van der Waals surface area (Å²) in [5, 5.41) is 21.9. The van der Waals surface area contributed by atoms with Crippen molar-refractivity contribution in [2.24, 2.45) is 0 Å². The van der Waals surface area contributed by atoms with Crippen LogP contribution in [0.5, 0.6) is 5.75 Å². The number of furan rings is 1. The number of benzene rings is 3. The minimum atomic E-state index is -1.02. The fraction of sp³-hybridized carbons (Fsp3) is 0.0400. The molecule has 3 aromatic carbocycles. The number of anilines is 1. The number of fused-ring (bicyclic) bond motifs is 1. The van der Waals surface area contributed by atoms with Gasteiger partial charge in [0.25, 0.3) is 5.91 Å². The van der Waals surface area contributed by atoms with Crippen LogP contribution >= 0.6 is 23.2 Å². The molecule has 2 heterocycles. The number of hydrogen-bond donors (Lipinski definition) is 2. The molecule has 0 fully saturated rings.